The largest absolute Gasteiger partial charge is 0.457 e. The Morgan fingerprint density at radius 3 is 1.98 bits per heavy atom. The number of fused-ring (bicyclic) bond motifs is 7. The first-order valence-electron chi connectivity index (χ1n) is 19.9. The van der Waals surface area contributed by atoms with E-state index in [1.54, 1.807) is 0 Å². The van der Waals surface area contributed by atoms with Crippen LogP contribution < -0.4 is 25.5 Å². The van der Waals surface area contributed by atoms with Crippen LogP contribution in [0.25, 0.3) is 50.0 Å². The fourth-order valence-corrected chi connectivity index (χ4v) is 14.5. The van der Waals surface area contributed by atoms with Crippen LogP contribution in [0.2, 0.25) is 0 Å². The topological polar surface area (TPSA) is 44.9 Å². The molecule has 0 aliphatic carbocycles. The number of aromatic nitrogens is 4. The van der Waals surface area contributed by atoms with Gasteiger partial charge in [0.25, 0.3) is 0 Å². The van der Waals surface area contributed by atoms with Crippen molar-refractivity contribution in [3.63, 3.8) is 0 Å². The molecule has 1 aliphatic heterocycles. The predicted octanol–water partition coefficient (Wildman–Crippen LogP) is 9.54. The number of ether oxygens (including phenoxy) is 1. The third kappa shape index (κ3) is 4.95. The molecule has 5 nitrogen and oxygen atoms in total. The first-order valence-corrected chi connectivity index (χ1v) is 21.9. The zero-order valence-corrected chi connectivity index (χ0v) is 33.6. The van der Waals surface area contributed by atoms with E-state index >= 15 is 0 Å². The van der Waals surface area contributed by atoms with Gasteiger partial charge in [0, 0.05) is 46.1 Å². The summed E-state index contributed by atoms with van der Waals surface area (Å²) in [6.45, 7) is 4.64. The molecule has 0 N–H and O–H groups in total. The number of para-hydroxylation sites is 3. The molecule has 0 saturated heterocycles. The van der Waals surface area contributed by atoms with Crippen LogP contribution in [0.15, 0.2) is 188 Å². The van der Waals surface area contributed by atoms with Crippen LogP contribution in [0.3, 0.4) is 0 Å². The summed E-state index contributed by atoms with van der Waals surface area (Å²) in [5, 5.41) is 7.56. The highest BCUT2D eigenvalue weighted by Crippen LogP contribution is 2.52. The lowest BCUT2D eigenvalue weighted by molar-refractivity contribution is 0.420. The van der Waals surface area contributed by atoms with Crippen molar-refractivity contribution in [3.8, 4) is 28.7 Å². The summed E-state index contributed by atoms with van der Waals surface area (Å²) in [7, 11) is -0.895. The van der Waals surface area contributed by atoms with Gasteiger partial charge < -0.3 is 9.30 Å². The van der Waals surface area contributed by atoms with Crippen LogP contribution in [0.4, 0.5) is 0 Å². The highest BCUT2D eigenvalue weighted by atomic mass is 28.3. The molecule has 0 saturated carbocycles. The average Bonchev–Trinajstić information content (AvgIpc) is 3.79. The number of hydrogen-bond acceptors (Lipinski definition) is 3. The van der Waals surface area contributed by atoms with Crippen molar-refractivity contribution in [2.75, 3.05) is 0 Å². The van der Waals surface area contributed by atoms with Gasteiger partial charge in [0.05, 0.1) is 22.1 Å². The number of nitrogens with zero attached hydrogens (tertiary/aromatic N) is 4. The second-order valence-corrected chi connectivity index (χ2v) is 19.7. The van der Waals surface area contributed by atoms with Crippen molar-refractivity contribution < 1.29 is 4.74 Å². The smallest absolute Gasteiger partial charge is 0.179 e. The van der Waals surface area contributed by atoms with Gasteiger partial charge in [-0.1, -0.05) is 147 Å². The molecule has 0 amide bonds. The van der Waals surface area contributed by atoms with Crippen molar-refractivity contribution in [2.24, 2.45) is 7.05 Å². The molecule has 0 atom stereocenters. The molecule has 0 bridgehead atoms. The molecular formula is C52H40N4OSi. The fraction of sp³-hybridized carbons (Fsp3) is 0.0769. The number of hydrogen-bond donors (Lipinski definition) is 0. The van der Waals surface area contributed by atoms with Crippen LogP contribution >= 0.6 is 0 Å². The summed E-state index contributed by atoms with van der Waals surface area (Å²) < 4.78 is 11.3. The Morgan fingerprint density at radius 1 is 0.552 bits per heavy atom. The zero-order chi connectivity index (χ0) is 39.0. The van der Waals surface area contributed by atoms with Gasteiger partial charge >= 0.3 is 0 Å². The van der Waals surface area contributed by atoms with E-state index in [-0.39, 0.29) is 5.41 Å². The fourth-order valence-electron chi connectivity index (χ4n) is 9.73. The third-order valence-corrected chi connectivity index (χ3v) is 17.1. The lowest BCUT2D eigenvalue weighted by atomic mass is 9.75. The van der Waals surface area contributed by atoms with E-state index in [2.05, 4.69) is 206 Å². The van der Waals surface area contributed by atoms with E-state index in [1.165, 1.54) is 37.1 Å². The minimum absolute atomic E-state index is 0.337. The maximum atomic E-state index is 6.70. The van der Waals surface area contributed by atoms with Crippen molar-refractivity contribution in [1.82, 2.24) is 19.1 Å². The maximum absolute atomic E-state index is 6.70. The number of rotatable bonds is 6. The molecule has 10 aromatic rings. The van der Waals surface area contributed by atoms with Gasteiger partial charge in [0.2, 0.25) is 0 Å². The van der Waals surface area contributed by atoms with Crippen molar-refractivity contribution in [2.45, 2.75) is 19.3 Å². The van der Waals surface area contributed by atoms with Gasteiger partial charge in [-0.25, -0.2) is 9.97 Å². The van der Waals surface area contributed by atoms with E-state index < -0.39 is 8.07 Å². The van der Waals surface area contributed by atoms with Gasteiger partial charge in [0.15, 0.2) is 8.07 Å². The molecule has 0 unspecified atom stereocenters. The molecule has 0 fully saturated rings. The van der Waals surface area contributed by atoms with Crippen LogP contribution in [-0.4, -0.2) is 27.2 Å². The summed E-state index contributed by atoms with van der Waals surface area (Å²) in [4.78, 5) is 10.2. The maximum Gasteiger partial charge on any atom is 0.179 e. The van der Waals surface area contributed by atoms with Crippen molar-refractivity contribution in [1.29, 1.82) is 0 Å². The molecule has 11 rings (SSSR count). The molecule has 6 heteroatoms. The Kier molecular flexibility index (Phi) is 7.68. The number of pyridine rings is 1. The lowest BCUT2D eigenvalue weighted by Gasteiger charge is -2.35. The Bertz CT molecular complexity index is 3150. The molecule has 7 aromatic carbocycles. The lowest BCUT2D eigenvalue weighted by Crippen LogP contribution is -2.74. The summed E-state index contributed by atoms with van der Waals surface area (Å²) in [5.41, 5.74) is 7.44. The van der Waals surface area contributed by atoms with E-state index in [9.17, 15) is 0 Å². The minimum Gasteiger partial charge on any atom is -0.457 e. The molecule has 4 heterocycles. The van der Waals surface area contributed by atoms with Crippen LogP contribution in [0, 0.1) is 0 Å². The van der Waals surface area contributed by atoms with Gasteiger partial charge in [0.1, 0.15) is 23.1 Å². The average molecular weight is 765 g/mol. The van der Waals surface area contributed by atoms with Crippen molar-refractivity contribution in [3.05, 3.63) is 199 Å². The molecule has 3 aromatic heterocycles. The zero-order valence-electron chi connectivity index (χ0n) is 32.6. The minimum atomic E-state index is -3.01. The number of aryl methyl sites for hydroxylation is 1. The van der Waals surface area contributed by atoms with E-state index in [0.717, 1.165) is 56.3 Å². The summed E-state index contributed by atoms with van der Waals surface area (Å²) in [5.74, 6) is 3.62. The Hall–Kier alpha value is -7.02. The van der Waals surface area contributed by atoms with E-state index in [0.29, 0.717) is 0 Å². The summed E-state index contributed by atoms with van der Waals surface area (Å²) in [6.07, 6.45) is 1.89. The predicted molar refractivity (Wildman–Crippen MR) is 241 cm³/mol. The molecule has 58 heavy (non-hydrogen) atoms. The Labute approximate surface area is 338 Å². The summed E-state index contributed by atoms with van der Waals surface area (Å²) >= 11 is 0. The Balaban J connectivity index is 1.24. The second kappa shape index (κ2) is 13.0. The Morgan fingerprint density at radius 2 is 1.22 bits per heavy atom. The van der Waals surface area contributed by atoms with E-state index in [1.807, 2.05) is 12.3 Å². The quantitative estimate of drug-likeness (QED) is 0.125. The third-order valence-electron chi connectivity index (χ3n) is 12.4. The van der Waals surface area contributed by atoms with Crippen LogP contribution in [0.5, 0.6) is 11.5 Å². The molecule has 278 valence electrons. The highest BCUT2D eigenvalue weighted by molar-refractivity contribution is 7.20. The van der Waals surface area contributed by atoms with E-state index in [4.69, 9.17) is 14.7 Å². The van der Waals surface area contributed by atoms with Gasteiger partial charge in [-0.15, -0.1) is 0 Å². The normalized spacial score (nSPS) is 13.4. The molecular weight excluding hydrogens is 725 g/mol. The van der Waals surface area contributed by atoms with Crippen molar-refractivity contribution >= 4 is 61.7 Å². The molecule has 1 aliphatic rings. The first kappa shape index (κ1) is 34.2. The SMILES string of the molecule is Cn1c(-c2cccc([Si](c3ccccc3)(c3ccccc3)c3ccc4c5ccc6c(c5n(-c5ccccn5)c4c3)C(C)(C)c3ccccc3O6)c2)nc2ccccc21. The summed E-state index contributed by atoms with van der Waals surface area (Å²) in [6, 6.07) is 66.1. The van der Waals surface area contributed by atoms with Gasteiger partial charge in [-0.05, 0) is 69.3 Å². The second-order valence-electron chi connectivity index (χ2n) is 15.9. The number of imidazole rings is 1. The van der Waals surface area contributed by atoms with Gasteiger partial charge in [-0.2, -0.15) is 0 Å². The molecule has 0 radical (unpaired) electrons. The molecule has 0 spiro atoms. The van der Waals surface area contributed by atoms with Gasteiger partial charge in [-0.3, -0.25) is 4.57 Å². The first-order chi connectivity index (χ1) is 28.4. The highest BCUT2D eigenvalue weighted by Gasteiger charge is 2.43. The number of benzene rings is 7. The standard InChI is InChI=1S/C52H40N4OSi/c1-52(2)42-23-10-13-26-46(42)57-47-31-30-41-40-29-28-39(34-45(40)56(50(41)49(47)52)48-27-14-15-32-53-48)58(36-18-6-4-7-19-36,37-20-8-5-9-21-37)38-22-16-17-35(33-38)51-54-43-24-11-12-25-44(43)55(51)3/h4-34H,1-3H3. The van der Waals surface area contributed by atoms with Crippen LogP contribution in [-0.2, 0) is 12.5 Å². The monoisotopic (exact) mass is 764 g/mol. The van der Waals surface area contributed by atoms with Crippen LogP contribution in [0.1, 0.15) is 25.0 Å².